The average Bonchev–Trinajstić information content (AvgIpc) is 2.50. The summed E-state index contributed by atoms with van der Waals surface area (Å²) in [6.45, 7) is 8.85. The molecule has 23 heavy (non-hydrogen) atoms. The molecule has 0 bridgehead atoms. The highest BCUT2D eigenvalue weighted by molar-refractivity contribution is 5.77. The molecular formula is C19H36O4. The fraction of sp³-hybridized carbons (Fsp3) is 0.895. The second kappa shape index (κ2) is 14.5. The van der Waals surface area contributed by atoms with Crippen molar-refractivity contribution in [2.75, 3.05) is 6.61 Å². The minimum Gasteiger partial charge on any atom is -0.466 e. The number of ether oxygens (including phenoxy) is 2. The Hall–Kier alpha value is -1.06. The van der Waals surface area contributed by atoms with Gasteiger partial charge in [-0.25, -0.2) is 0 Å². The monoisotopic (exact) mass is 328 g/mol. The first-order valence-electron chi connectivity index (χ1n) is 9.30. The van der Waals surface area contributed by atoms with E-state index in [2.05, 4.69) is 20.8 Å². The summed E-state index contributed by atoms with van der Waals surface area (Å²) < 4.78 is 10.4. The second-order valence-electron chi connectivity index (χ2n) is 6.76. The third kappa shape index (κ3) is 15.6. The summed E-state index contributed by atoms with van der Waals surface area (Å²) in [6, 6.07) is 0. The van der Waals surface area contributed by atoms with Gasteiger partial charge in [0.05, 0.1) is 25.6 Å². The van der Waals surface area contributed by atoms with Gasteiger partial charge in [-0.05, 0) is 32.1 Å². The van der Waals surface area contributed by atoms with Crippen LogP contribution < -0.4 is 0 Å². The molecule has 1 unspecified atom stereocenters. The number of unbranched alkanes of at least 4 members (excludes halogenated alkanes) is 5. The van der Waals surface area contributed by atoms with E-state index in [-0.39, 0.29) is 30.9 Å². The van der Waals surface area contributed by atoms with Gasteiger partial charge in [0.25, 0.3) is 0 Å². The SMILES string of the molecule is CCCCCCCCOC(=O)CCC(=O)OC(C)CCC(C)C. The molecule has 0 spiro atoms. The van der Waals surface area contributed by atoms with Gasteiger partial charge in [0, 0.05) is 0 Å². The van der Waals surface area contributed by atoms with Crippen molar-refractivity contribution in [2.24, 2.45) is 5.92 Å². The van der Waals surface area contributed by atoms with Gasteiger partial charge in [0.15, 0.2) is 0 Å². The Morgan fingerprint density at radius 3 is 2.09 bits per heavy atom. The first-order valence-corrected chi connectivity index (χ1v) is 9.30. The molecule has 1 atom stereocenters. The highest BCUT2D eigenvalue weighted by Crippen LogP contribution is 2.10. The smallest absolute Gasteiger partial charge is 0.306 e. The van der Waals surface area contributed by atoms with Gasteiger partial charge in [0.1, 0.15) is 0 Å². The van der Waals surface area contributed by atoms with Crippen LogP contribution in [0.1, 0.15) is 91.9 Å². The maximum Gasteiger partial charge on any atom is 0.306 e. The van der Waals surface area contributed by atoms with E-state index in [1.807, 2.05) is 6.92 Å². The van der Waals surface area contributed by atoms with Crippen LogP contribution >= 0.6 is 0 Å². The van der Waals surface area contributed by atoms with E-state index in [4.69, 9.17) is 9.47 Å². The maximum absolute atomic E-state index is 11.6. The number of carbonyl (C=O) groups is 2. The molecule has 0 amide bonds. The lowest BCUT2D eigenvalue weighted by atomic mass is 10.1. The predicted molar refractivity (Wildman–Crippen MR) is 93.2 cm³/mol. The zero-order valence-electron chi connectivity index (χ0n) is 15.6. The molecule has 136 valence electrons. The molecule has 0 saturated heterocycles. The highest BCUT2D eigenvalue weighted by Gasteiger charge is 2.13. The molecule has 0 aromatic carbocycles. The standard InChI is InChI=1S/C19H36O4/c1-5-6-7-8-9-10-15-22-18(20)13-14-19(21)23-17(4)12-11-16(2)3/h16-17H,5-15H2,1-4H3. The lowest BCUT2D eigenvalue weighted by Crippen LogP contribution is -2.17. The molecule has 0 radical (unpaired) electrons. The molecule has 0 fully saturated rings. The molecule has 0 N–H and O–H groups in total. The van der Waals surface area contributed by atoms with Crippen molar-refractivity contribution >= 4 is 11.9 Å². The molecule has 4 nitrogen and oxygen atoms in total. The van der Waals surface area contributed by atoms with Crippen LogP contribution in [-0.4, -0.2) is 24.6 Å². The molecule has 0 aromatic heterocycles. The van der Waals surface area contributed by atoms with Crippen molar-refractivity contribution in [3.8, 4) is 0 Å². The molecule has 0 saturated carbocycles. The predicted octanol–water partition coefficient (Wildman–Crippen LogP) is 5.04. The van der Waals surface area contributed by atoms with Crippen LogP contribution in [0.15, 0.2) is 0 Å². The molecule has 4 heteroatoms. The summed E-state index contributed by atoms with van der Waals surface area (Å²) >= 11 is 0. The van der Waals surface area contributed by atoms with E-state index in [1.54, 1.807) is 0 Å². The summed E-state index contributed by atoms with van der Waals surface area (Å²) in [7, 11) is 0. The highest BCUT2D eigenvalue weighted by atomic mass is 16.5. The van der Waals surface area contributed by atoms with Gasteiger partial charge in [-0.1, -0.05) is 52.9 Å². The van der Waals surface area contributed by atoms with Crippen LogP contribution in [0.3, 0.4) is 0 Å². The minimum atomic E-state index is -0.308. The molecule has 0 aliphatic carbocycles. The Bertz CT molecular complexity index is 312. The number of rotatable bonds is 14. The van der Waals surface area contributed by atoms with Crippen molar-refractivity contribution < 1.29 is 19.1 Å². The Balaban J connectivity index is 3.55. The molecule has 0 aromatic rings. The Morgan fingerprint density at radius 1 is 0.826 bits per heavy atom. The quantitative estimate of drug-likeness (QED) is 0.331. The first kappa shape index (κ1) is 21.9. The number of hydrogen-bond donors (Lipinski definition) is 0. The zero-order chi connectivity index (χ0) is 17.5. The van der Waals surface area contributed by atoms with E-state index in [0.29, 0.717) is 12.5 Å². The Morgan fingerprint density at radius 2 is 1.43 bits per heavy atom. The Labute approximate surface area is 142 Å². The van der Waals surface area contributed by atoms with Gasteiger partial charge < -0.3 is 9.47 Å². The summed E-state index contributed by atoms with van der Waals surface area (Å²) in [5, 5.41) is 0. The van der Waals surface area contributed by atoms with E-state index in [9.17, 15) is 9.59 Å². The van der Waals surface area contributed by atoms with Crippen LogP contribution in [0.5, 0.6) is 0 Å². The molecule has 0 heterocycles. The van der Waals surface area contributed by atoms with Crippen molar-refractivity contribution in [1.82, 2.24) is 0 Å². The fourth-order valence-electron chi connectivity index (χ4n) is 2.25. The average molecular weight is 328 g/mol. The van der Waals surface area contributed by atoms with Crippen LogP contribution in [0.4, 0.5) is 0 Å². The van der Waals surface area contributed by atoms with Gasteiger partial charge in [0.2, 0.25) is 0 Å². The van der Waals surface area contributed by atoms with Gasteiger partial charge >= 0.3 is 11.9 Å². The summed E-state index contributed by atoms with van der Waals surface area (Å²) in [5.41, 5.74) is 0. The largest absolute Gasteiger partial charge is 0.466 e. The van der Waals surface area contributed by atoms with Crippen LogP contribution in [0.2, 0.25) is 0 Å². The lowest BCUT2D eigenvalue weighted by molar-refractivity contribution is -0.153. The molecular weight excluding hydrogens is 292 g/mol. The third-order valence-corrected chi connectivity index (χ3v) is 3.78. The number of hydrogen-bond acceptors (Lipinski definition) is 4. The Kier molecular flexibility index (Phi) is 13.9. The normalized spacial score (nSPS) is 12.2. The van der Waals surface area contributed by atoms with E-state index < -0.39 is 0 Å². The first-order chi connectivity index (χ1) is 11.0. The van der Waals surface area contributed by atoms with E-state index in [0.717, 1.165) is 25.7 Å². The summed E-state index contributed by atoms with van der Waals surface area (Å²) in [4.78, 5) is 23.2. The van der Waals surface area contributed by atoms with Crippen LogP contribution in [0, 0.1) is 5.92 Å². The summed E-state index contributed by atoms with van der Waals surface area (Å²) in [5.74, 6) is -0.00350. The van der Waals surface area contributed by atoms with Crippen molar-refractivity contribution in [3.63, 3.8) is 0 Å². The van der Waals surface area contributed by atoms with Crippen molar-refractivity contribution in [1.29, 1.82) is 0 Å². The van der Waals surface area contributed by atoms with E-state index in [1.165, 1.54) is 25.7 Å². The van der Waals surface area contributed by atoms with Crippen molar-refractivity contribution in [3.05, 3.63) is 0 Å². The van der Waals surface area contributed by atoms with E-state index >= 15 is 0 Å². The number of carbonyl (C=O) groups excluding carboxylic acids is 2. The number of esters is 2. The third-order valence-electron chi connectivity index (χ3n) is 3.78. The molecule has 0 rings (SSSR count). The van der Waals surface area contributed by atoms with Crippen LogP contribution in [0.25, 0.3) is 0 Å². The topological polar surface area (TPSA) is 52.6 Å². The fourth-order valence-corrected chi connectivity index (χ4v) is 2.25. The van der Waals surface area contributed by atoms with Gasteiger partial charge in [-0.2, -0.15) is 0 Å². The molecule has 0 aliphatic heterocycles. The molecule has 0 aliphatic rings. The summed E-state index contributed by atoms with van der Waals surface area (Å²) in [6.07, 6.45) is 9.03. The van der Waals surface area contributed by atoms with Gasteiger partial charge in [-0.3, -0.25) is 9.59 Å². The second-order valence-corrected chi connectivity index (χ2v) is 6.76. The minimum absolute atomic E-state index is 0.0796. The van der Waals surface area contributed by atoms with Crippen molar-refractivity contribution in [2.45, 2.75) is 98.0 Å². The lowest BCUT2D eigenvalue weighted by Gasteiger charge is -2.14. The zero-order valence-corrected chi connectivity index (χ0v) is 15.6. The maximum atomic E-state index is 11.6. The van der Waals surface area contributed by atoms with Crippen LogP contribution in [-0.2, 0) is 19.1 Å². The van der Waals surface area contributed by atoms with Gasteiger partial charge in [-0.15, -0.1) is 0 Å².